The summed E-state index contributed by atoms with van der Waals surface area (Å²) < 4.78 is 27.7. The van der Waals surface area contributed by atoms with Crippen LogP contribution in [0.4, 0.5) is 5.69 Å². The maximum absolute atomic E-state index is 12.5. The fourth-order valence-corrected chi connectivity index (χ4v) is 3.83. The number of hydrogen-bond acceptors (Lipinski definition) is 4. The molecule has 0 heterocycles. The van der Waals surface area contributed by atoms with Crippen LogP contribution in [0.1, 0.15) is 22.8 Å². The van der Waals surface area contributed by atoms with Gasteiger partial charge in [-0.05, 0) is 55.3 Å². The lowest BCUT2D eigenvalue weighted by Gasteiger charge is -2.16. The Morgan fingerprint density at radius 2 is 1.62 bits per heavy atom. The van der Waals surface area contributed by atoms with Crippen molar-refractivity contribution < 1.29 is 13.2 Å². The molecule has 0 radical (unpaired) electrons. The topological polar surface area (TPSA) is 78.5 Å². The fraction of sp³-hybridized carbons (Fsp3) is 0.316. The van der Waals surface area contributed by atoms with E-state index in [1.54, 1.807) is 0 Å². The van der Waals surface area contributed by atoms with E-state index < -0.39 is 10.0 Å². The Hall–Kier alpha value is -2.38. The lowest BCUT2D eigenvalue weighted by atomic mass is 10.1. The number of rotatable bonds is 7. The molecular weight excluding hydrogens is 350 g/mol. The molecule has 7 heteroatoms. The Morgan fingerprint density at radius 3 is 2.12 bits per heavy atom. The van der Waals surface area contributed by atoms with Crippen LogP contribution in [0.2, 0.25) is 0 Å². The summed E-state index contributed by atoms with van der Waals surface area (Å²) in [6.45, 7) is 1.83. The number of nitrogens with one attached hydrogen (secondary N) is 2. The number of carbonyl (C=O) groups is 1. The van der Waals surface area contributed by atoms with E-state index in [-0.39, 0.29) is 16.8 Å². The van der Waals surface area contributed by atoms with Gasteiger partial charge in [0.15, 0.2) is 0 Å². The molecule has 140 valence electrons. The molecular formula is C19H25N3O3S. The molecule has 0 bridgehead atoms. The molecule has 2 N–H and O–H groups in total. The molecule has 2 rings (SSSR count). The Balaban J connectivity index is 2.04. The van der Waals surface area contributed by atoms with Crippen molar-refractivity contribution in [2.24, 2.45) is 0 Å². The van der Waals surface area contributed by atoms with Crippen LogP contribution < -0.4 is 14.9 Å². The van der Waals surface area contributed by atoms with E-state index in [1.165, 1.54) is 31.3 Å². The average Bonchev–Trinajstić information content (AvgIpc) is 2.61. The molecule has 1 atom stereocenters. The van der Waals surface area contributed by atoms with Crippen LogP contribution in [-0.4, -0.2) is 41.5 Å². The van der Waals surface area contributed by atoms with Crippen LogP contribution in [0, 0.1) is 0 Å². The highest BCUT2D eigenvalue weighted by atomic mass is 32.2. The molecule has 0 aliphatic rings. The van der Waals surface area contributed by atoms with E-state index in [1.807, 2.05) is 50.2 Å². The van der Waals surface area contributed by atoms with Gasteiger partial charge in [0.2, 0.25) is 10.0 Å². The minimum absolute atomic E-state index is 0.139. The predicted octanol–water partition coefficient (Wildman–Crippen LogP) is 2.02. The van der Waals surface area contributed by atoms with Gasteiger partial charge in [-0.1, -0.05) is 12.1 Å². The summed E-state index contributed by atoms with van der Waals surface area (Å²) >= 11 is 0. The van der Waals surface area contributed by atoms with Gasteiger partial charge in [0.25, 0.3) is 5.91 Å². The van der Waals surface area contributed by atoms with Crippen LogP contribution in [0.15, 0.2) is 53.4 Å². The Bertz CT molecular complexity index is 845. The molecule has 0 aliphatic heterocycles. The Morgan fingerprint density at radius 1 is 1.04 bits per heavy atom. The molecule has 2 aromatic carbocycles. The molecule has 0 spiro atoms. The minimum Gasteiger partial charge on any atom is -0.378 e. The van der Waals surface area contributed by atoms with Gasteiger partial charge in [0, 0.05) is 38.4 Å². The summed E-state index contributed by atoms with van der Waals surface area (Å²) in [6.07, 6.45) is 0.587. The Labute approximate surface area is 155 Å². The molecule has 6 nitrogen and oxygen atoms in total. The highest BCUT2D eigenvalue weighted by Gasteiger charge is 2.18. The minimum atomic E-state index is -3.64. The molecule has 2 aromatic rings. The van der Waals surface area contributed by atoms with Crippen molar-refractivity contribution in [1.29, 1.82) is 0 Å². The van der Waals surface area contributed by atoms with Gasteiger partial charge in [-0.15, -0.1) is 0 Å². The monoisotopic (exact) mass is 375 g/mol. The number of nitrogens with zero attached hydrogens (tertiary/aromatic N) is 1. The van der Waals surface area contributed by atoms with E-state index >= 15 is 0 Å². The van der Waals surface area contributed by atoms with Crippen molar-refractivity contribution in [2.45, 2.75) is 24.3 Å². The summed E-state index contributed by atoms with van der Waals surface area (Å²) in [6, 6.07) is 13.6. The van der Waals surface area contributed by atoms with E-state index in [2.05, 4.69) is 10.0 Å². The summed E-state index contributed by atoms with van der Waals surface area (Å²) in [5, 5.41) is 2.50. The zero-order valence-electron chi connectivity index (χ0n) is 15.5. The third-order valence-electron chi connectivity index (χ3n) is 4.00. The van der Waals surface area contributed by atoms with E-state index in [0.717, 1.165) is 11.3 Å². The number of hydrogen-bond donors (Lipinski definition) is 2. The maximum Gasteiger partial charge on any atom is 0.251 e. The quantitative estimate of drug-likeness (QED) is 0.776. The first-order chi connectivity index (χ1) is 12.2. The maximum atomic E-state index is 12.5. The predicted molar refractivity (Wildman–Crippen MR) is 104 cm³/mol. The van der Waals surface area contributed by atoms with Gasteiger partial charge < -0.3 is 10.2 Å². The standard InChI is InChI=1S/C19H25N3O3S/c1-14(13-15-5-9-17(10-6-15)22(3)4)21-26(24,25)18-11-7-16(8-12-18)19(23)20-2/h5-12,14,21H,13H2,1-4H3,(H,20,23). The summed E-state index contributed by atoms with van der Waals surface area (Å²) in [5.41, 5.74) is 2.57. The highest BCUT2D eigenvalue weighted by Crippen LogP contribution is 2.15. The van der Waals surface area contributed by atoms with Crippen LogP contribution in [0.3, 0.4) is 0 Å². The number of benzene rings is 2. The van der Waals surface area contributed by atoms with Crippen LogP contribution in [0.25, 0.3) is 0 Å². The summed E-state index contributed by atoms with van der Waals surface area (Å²) in [5.74, 6) is -0.253. The number of anilines is 1. The highest BCUT2D eigenvalue weighted by molar-refractivity contribution is 7.89. The average molecular weight is 375 g/mol. The first kappa shape index (κ1) is 19.9. The second-order valence-corrected chi connectivity index (χ2v) is 8.10. The van der Waals surface area contributed by atoms with E-state index in [0.29, 0.717) is 12.0 Å². The third kappa shape index (κ3) is 5.06. The van der Waals surface area contributed by atoms with Gasteiger partial charge in [-0.25, -0.2) is 13.1 Å². The smallest absolute Gasteiger partial charge is 0.251 e. The molecule has 0 aromatic heterocycles. The van der Waals surface area contributed by atoms with Gasteiger partial charge in [-0.3, -0.25) is 4.79 Å². The summed E-state index contributed by atoms with van der Waals surface area (Å²) in [7, 11) is 1.84. The largest absolute Gasteiger partial charge is 0.378 e. The molecule has 0 fully saturated rings. The van der Waals surface area contributed by atoms with Crippen LogP contribution >= 0.6 is 0 Å². The second kappa shape index (κ2) is 8.33. The van der Waals surface area contributed by atoms with Crippen LogP contribution in [0.5, 0.6) is 0 Å². The number of carbonyl (C=O) groups excluding carboxylic acids is 1. The van der Waals surface area contributed by atoms with Crippen molar-refractivity contribution in [1.82, 2.24) is 10.0 Å². The summed E-state index contributed by atoms with van der Waals surface area (Å²) in [4.78, 5) is 13.7. The third-order valence-corrected chi connectivity index (χ3v) is 5.61. The van der Waals surface area contributed by atoms with Gasteiger partial charge in [-0.2, -0.15) is 0 Å². The number of amides is 1. The molecule has 0 saturated heterocycles. The molecule has 1 unspecified atom stereocenters. The SMILES string of the molecule is CNC(=O)c1ccc(S(=O)(=O)NC(C)Cc2ccc(N(C)C)cc2)cc1. The molecule has 26 heavy (non-hydrogen) atoms. The fourth-order valence-electron chi connectivity index (χ4n) is 2.59. The molecule has 1 amide bonds. The molecule has 0 saturated carbocycles. The molecule has 0 aliphatic carbocycles. The first-order valence-corrected chi connectivity index (χ1v) is 9.82. The van der Waals surface area contributed by atoms with Crippen molar-refractivity contribution in [3.05, 3.63) is 59.7 Å². The first-order valence-electron chi connectivity index (χ1n) is 8.33. The van der Waals surface area contributed by atoms with E-state index in [9.17, 15) is 13.2 Å². The lowest BCUT2D eigenvalue weighted by Crippen LogP contribution is -2.34. The van der Waals surface area contributed by atoms with E-state index in [4.69, 9.17) is 0 Å². The zero-order chi connectivity index (χ0) is 19.3. The normalized spacial score (nSPS) is 12.5. The van der Waals surface area contributed by atoms with Crippen molar-refractivity contribution in [3.63, 3.8) is 0 Å². The zero-order valence-corrected chi connectivity index (χ0v) is 16.3. The lowest BCUT2D eigenvalue weighted by molar-refractivity contribution is 0.0963. The van der Waals surface area contributed by atoms with Crippen LogP contribution in [-0.2, 0) is 16.4 Å². The van der Waals surface area contributed by atoms with Crippen molar-refractivity contribution in [2.75, 3.05) is 26.0 Å². The van der Waals surface area contributed by atoms with Gasteiger partial charge >= 0.3 is 0 Å². The Kier molecular flexibility index (Phi) is 6.39. The van der Waals surface area contributed by atoms with Gasteiger partial charge in [0.1, 0.15) is 0 Å². The second-order valence-electron chi connectivity index (χ2n) is 6.39. The van der Waals surface area contributed by atoms with Crippen molar-refractivity contribution in [3.8, 4) is 0 Å². The van der Waals surface area contributed by atoms with Crippen molar-refractivity contribution >= 4 is 21.6 Å². The number of sulfonamides is 1. The van der Waals surface area contributed by atoms with Gasteiger partial charge in [0.05, 0.1) is 4.90 Å².